The Balaban J connectivity index is 1.14. The number of nitro benzene ring substituents is 1. The summed E-state index contributed by atoms with van der Waals surface area (Å²) >= 11 is 1.59. The highest BCUT2D eigenvalue weighted by atomic mass is 32.2. The van der Waals surface area contributed by atoms with Crippen LogP contribution >= 0.6 is 11.8 Å². The molecule has 0 N–H and O–H groups in total. The number of nitro groups is 1. The first kappa shape index (κ1) is 29.0. The summed E-state index contributed by atoms with van der Waals surface area (Å²) in [5.74, 6) is 1.46. The molecule has 2 heterocycles. The number of non-ortho nitro benzene ring substituents is 1. The lowest BCUT2D eigenvalue weighted by molar-refractivity contribution is -0.384. The molecule has 0 aliphatic carbocycles. The van der Waals surface area contributed by atoms with Gasteiger partial charge in [0.25, 0.3) is 11.6 Å². The van der Waals surface area contributed by atoms with Crippen molar-refractivity contribution in [2.24, 2.45) is 0 Å². The number of amides is 2. The second-order valence-electron chi connectivity index (χ2n) is 10.2. The molecule has 1 unspecified atom stereocenters. The van der Waals surface area contributed by atoms with Gasteiger partial charge in [0.2, 0.25) is 5.91 Å². The SMILES string of the molecule is CC1CN(C(=O)CCCSc2nnc(Cc3ccccc3)n2-c2ccccc2)CCN1C(=O)c1ccc([N+](=O)[O-])cc1. The highest BCUT2D eigenvalue weighted by Gasteiger charge is 2.30. The van der Waals surface area contributed by atoms with E-state index in [1.54, 1.807) is 16.7 Å². The van der Waals surface area contributed by atoms with Crippen molar-refractivity contribution in [2.45, 2.75) is 37.4 Å². The molecule has 4 aromatic rings. The molecule has 216 valence electrons. The summed E-state index contributed by atoms with van der Waals surface area (Å²) in [4.78, 5) is 40.0. The molecule has 1 aliphatic heterocycles. The van der Waals surface area contributed by atoms with Crippen LogP contribution in [0.1, 0.15) is 41.5 Å². The fraction of sp³-hybridized carbons (Fsp3) is 0.290. The molecule has 0 bridgehead atoms. The molecule has 0 radical (unpaired) electrons. The molecule has 1 aliphatic rings. The van der Waals surface area contributed by atoms with Crippen LogP contribution < -0.4 is 0 Å². The van der Waals surface area contributed by atoms with E-state index in [0.717, 1.165) is 28.0 Å². The number of rotatable bonds is 10. The quantitative estimate of drug-likeness (QED) is 0.111. The Hall–Kier alpha value is -4.51. The third-order valence-electron chi connectivity index (χ3n) is 7.25. The molecule has 0 saturated carbocycles. The second kappa shape index (κ2) is 13.4. The van der Waals surface area contributed by atoms with Gasteiger partial charge in [-0.3, -0.25) is 24.3 Å². The van der Waals surface area contributed by atoms with E-state index in [1.807, 2.05) is 60.4 Å². The third kappa shape index (κ3) is 6.85. The Kier molecular flexibility index (Phi) is 9.28. The van der Waals surface area contributed by atoms with Crippen molar-refractivity contribution in [1.82, 2.24) is 24.6 Å². The van der Waals surface area contributed by atoms with Gasteiger partial charge in [-0.2, -0.15) is 0 Å². The number of carbonyl (C=O) groups is 2. The van der Waals surface area contributed by atoms with Crippen LogP contribution in [0.3, 0.4) is 0 Å². The summed E-state index contributed by atoms with van der Waals surface area (Å²) < 4.78 is 2.09. The van der Waals surface area contributed by atoms with Crippen molar-refractivity contribution in [3.8, 4) is 5.69 Å². The van der Waals surface area contributed by atoms with Crippen LogP contribution in [0.15, 0.2) is 90.1 Å². The molecule has 2 amide bonds. The summed E-state index contributed by atoms with van der Waals surface area (Å²) in [6.07, 6.45) is 1.76. The summed E-state index contributed by atoms with van der Waals surface area (Å²) in [5, 5.41) is 20.7. The highest BCUT2D eigenvalue weighted by Crippen LogP contribution is 2.25. The van der Waals surface area contributed by atoms with Gasteiger partial charge in [0.05, 0.1) is 4.92 Å². The number of benzene rings is 3. The number of hydrogen-bond acceptors (Lipinski definition) is 7. The zero-order valence-corrected chi connectivity index (χ0v) is 24.2. The van der Waals surface area contributed by atoms with E-state index in [2.05, 4.69) is 26.9 Å². The maximum absolute atomic E-state index is 13.0. The number of para-hydroxylation sites is 1. The monoisotopic (exact) mass is 584 g/mol. The zero-order valence-electron chi connectivity index (χ0n) is 23.3. The van der Waals surface area contributed by atoms with Crippen LogP contribution in [0.2, 0.25) is 0 Å². The number of aromatic nitrogens is 3. The predicted molar refractivity (Wildman–Crippen MR) is 161 cm³/mol. The van der Waals surface area contributed by atoms with Crippen LogP contribution in [-0.2, 0) is 11.2 Å². The van der Waals surface area contributed by atoms with Crippen molar-refractivity contribution in [3.63, 3.8) is 0 Å². The largest absolute Gasteiger partial charge is 0.339 e. The van der Waals surface area contributed by atoms with Crippen molar-refractivity contribution < 1.29 is 14.5 Å². The van der Waals surface area contributed by atoms with Crippen molar-refractivity contribution >= 4 is 29.3 Å². The molecule has 10 nitrogen and oxygen atoms in total. The summed E-state index contributed by atoms with van der Waals surface area (Å²) in [6, 6.07) is 25.7. The van der Waals surface area contributed by atoms with Gasteiger partial charge in [0, 0.05) is 67.7 Å². The molecule has 1 saturated heterocycles. The molecule has 42 heavy (non-hydrogen) atoms. The van der Waals surface area contributed by atoms with Crippen molar-refractivity contribution in [1.29, 1.82) is 0 Å². The smallest absolute Gasteiger partial charge is 0.269 e. The first-order valence-electron chi connectivity index (χ1n) is 13.9. The maximum atomic E-state index is 13.0. The van der Waals surface area contributed by atoms with E-state index in [4.69, 9.17) is 0 Å². The van der Waals surface area contributed by atoms with Gasteiger partial charge < -0.3 is 9.80 Å². The van der Waals surface area contributed by atoms with Crippen LogP contribution in [0.25, 0.3) is 5.69 Å². The average Bonchev–Trinajstić information content (AvgIpc) is 3.41. The van der Waals surface area contributed by atoms with E-state index in [0.29, 0.717) is 44.5 Å². The molecule has 11 heteroatoms. The van der Waals surface area contributed by atoms with E-state index in [9.17, 15) is 19.7 Å². The van der Waals surface area contributed by atoms with Gasteiger partial charge >= 0.3 is 0 Å². The first-order chi connectivity index (χ1) is 20.4. The molecular formula is C31H32N6O4S. The van der Waals surface area contributed by atoms with Crippen LogP contribution in [0.4, 0.5) is 5.69 Å². The second-order valence-corrected chi connectivity index (χ2v) is 11.2. The zero-order chi connectivity index (χ0) is 29.5. The molecule has 0 spiro atoms. The van der Waals surface area contributed by atoms with Gasteiger partial charge in [0.15, 0.2) is 5.16 Å². The number of nitrogens with zero attached hydrogens (tertiary/aromatic N) is 6. The molecule has 1 fully saturated rings. The summed E-state index contributed by atoms with van der Waals surface area (Å²) in [7, 11) is 0. The van der Waals surface area contributed by atoms with Gasteiger partial charge in [-0.25, -0.2) is 0 Å². The standard InChI is InChI=1S/C31H32N6O4S/c1-23-22-34(18-19-35(23)30(39)25-14-16-27(17-15-25)37(40)41)29(38)13-8-20-42-31-33-32-28(21-24-9-4-2-5-10-24)36(31)26-11-6-3-7-12-26/h2-7,9-12,14-17,23H,8,13,18-22H2,1H3. The van der Waals surface area contributed by atoms with Crippen molar-refractivity contribution in [3.05, 3.63) is 112 Å². The van der Waals surface area contributed by atoms with E-state index >= 15 is 0 Å². The maximum Gasteiger partial charge on any atom is 0.269 e. The lowest BCUT2D eigenvalue weighted by Crippen LogP contribution is -2.55. The fourth-order valence-corrected chi connectivity index (χ4v) is 5.96. The topological polar surface area (TPSA) is 114 Å². The molecular weight excluding hydrogens is 552 g/mol. The Morgan fingerprint density at radius 1 is 0.952 bits per heavy atom. The minimum atomic E-state index is -0.489. The minimum Gasteiger partial charge on any atom is -0.339 e. The van der Waals surface area contributed by atoms with Crippen LogP contribution in [0, 0.1) is 10.1 Å². The van der Waals surface area contributed by atoms with E-state index in [1.165, 1.54) is 24.3 Å². The molecule has 1 aromatic heterocycles. The minimum absolute atomic E-state index is 0.0545. The van der Waals surface area contributed by atoms with Crippen LogP contribution in [0.5, 0.6) is 0 Å². The van der Waals surface area contributed by atoms with Gasteiger partial charge in [0.1, 0.15) is 5.82 Å². The first-order valence-corrected chi connectivity index (χ1v) is 14.9. The predicted octanol–water partition coefficient (Wildman–Crippen LogP) is 5.01. The number of thioether (sulfide) groups is 1. The third-order valence-corrected chi connectivity index (χ3v) is 8.27. The normalized spacial score (nSPS) is 15.0. The molecule has 1 atom stereocenters. The lowest BCUT2D eigenvalue weighted by atomic mass is 10.1. The highest BCUT2D eigenvalue weighted by molar-refractivity contribution is 7.99. The number of hydrogen-bond donors (Lipinski definition) is 0. The van der Waals surface area contributed by atoms with E-state index < -0.39 is 4.92 Å². The Bertz CT molecular complexity index is 1530. The Morgan fingerprint density at radius 3 is 2.31 bits per heavy atom. The molecule has 5 rings (SSSR count). The summed E-state index contributed by atoms with van der Waals surface area (Å²) in [5.41, 5.74) is 2.51. The number of piperazine rings is 1. The average molecular weight is 585 g/mol. The molecule has 3 aromatic carbocycles. The van der Waals surface area contributed by atoms with Gasteiger partial charge in [-0.15, -0.1) is 10.2 Å². The van der Waals surface area contributed by atoms with Gasteiger partial charge in [-0.1, -0.05) is 60.3 Å². The number of carbonyl (C=O) groups excluding carboxylic acids is 2. The fourth-order valence-electron chi connectivity index (χ4n) is 5.05. The summed E-state index contributed by atoms with van der Waals surface area (Å²) in [6.45, 7) is 3.25. The van der Waals surface area contributed by atoms with Crippen LogP contribution in [-0.4, -0.2) is 72.7 Å². The Morgan fingerprint density at radius 2 is 1.64 bits per heavy atom. The van der Waals surface area contributed by atoms with Crippen molar-refractivity contribution in [2.75, 3.05) is 25.4 Å². The lowest BCUT2D eigenvalue weighted by Gasteiger charge is -2.40. The van der Waals surface area contributed by atoms with E-state index in [-0.39, 0.29) is 23.5 Å². The Labute approximate surface area is 248 Å². The van der Waals surface area contributed by atoms with Gasteiger partial charge in [-0.05, 0) is 43.2 Å².